The topological polar surface area (TPSA) is 0 Å². The molecule has 0 rings (SSSR count). The average Bonchev–Trinajstić information content (AvgIpc) is 1.98. The molecule has 1 unspecified atom stereocenters. The van der Waals surface area contributed by atoms with Crippen LogP contribution in [0.2, 0.25) is 0 Å². The summed E-state index contributed by atoms with van der Waals surface area (Å²) < 4.78 is 0. The van der Waals surface area contributed by atoms with Gasteiger partial charge in [0.25, 0.3) is 0 Å². The largest absolute Gasteiger partial charge is 0.0651 e. The van der Waals surface area contributed by atoms with E-state index in [1.54, 1.807) is 0 Å². The molecule has 0 heteroatoms. The van der Waals surface area contributed by atoms with Crippen molar-refractivity contribution in [3.05, 3.63) is 6.92 Å². The van der Waals surface area contributed by atoms with Crippen LogP contribution in [0.1, 0.15) is 47.5 Å². The fraction of sp³-hybridized carbons (Fsp3) is 0.917. The van der Waals surface area contributed by atoms with Crippen molar-refractivity contribution >= 4 is 0 Å². The molecule has 0 fully saturated rings. The predicted octanol–water partition coefficient (Wildman–Crippen LogP) is 4.16. The van der Waals surface area contributed by atoms with Gasteiger partial charge in [-0.05, 0) is 30.1 Å². The van der Waals surface area contributed by atoms with Gasteiger partial charge in [0.05, 0.1) is 0 Å². The third kappa shape index (κ3) is 4.13. The first kappa shape index (κ1) is 12.0. The van der Waals surface area contributed by atoms with Gasteiger partial charge in [-0.2, -0.15) is 0 Å². The summed E-state index contributed by atoms with van der Waals surface area (Å²) in [5, 5.41) is 0. The van der Waals surface area contributed by atoms with Crippen LogP contribution in [-0.2, 0) is 0 Å². The van der Waals surface area contributed by atoms with Crippen LogP contribution in [0.4, 0.5) is 0 Å². The van der Waals surface area contributed by atoms with E-state index >= 15 is 0 Å². The third-order valence-electron chi connectivity index (χ3n) is 2.90. The van der Waals surface area contributed by atoms with E-state index in [4.69, 9.17) is 0 Å². The Balaban J connectivity index is 3.95. The minimum atomic E-state index is 0.653. The maximum absolute atomic E-state index is 4.16. The van der Waals surface area contributed by atoms with E-state index in [2.05, 4.69) is 41.5 Å². The molecule has 0 nitrogen and oxygen atoms in total. The Morgan fingerprint density at radius 2 is 1.42 bits per heavy atom. The smallest absolute Gasteiger partial charge is 0.0365 e. The molecule has 0 bridgehead atoms. The van der Waals surface area contributed by atoms with Gasteiger partial charge < -0.3 is 0 Å². The molecule has 1 atom stereocenters. The van der Waals surface area contributed by atoms with Crippen molar-refractivity contribution in [2.24, 2.45) is 23.7 Å². The zero-order valence-electron chi connectivity index (χ0n) is 9.43. The maximum Gasteiger partial charge on any atom is -0.0365 e. The molecule has 0 aliphatic rings. The van der Waals surface area contributed by atoms with Crippen LogP contribution in [0.15, 0.2) is 0 Å². The first-order valence-electron chi connectivity index (χ1n) is 5.32. The van der Waals surface area contributed by atoms with Gasteiger partial charge >= 0.3 is 0 Å². The van der Waals surface area contributed by atoms with E-state index in [9.17, 15) is 0 Å². The van der Waals surface area contributed by atoms with Crippen LogP contribution in [0, 0.1) is 30.6 Å². The van der Waals surface area contributed by atoms with E-state index in [0.717, 1.165) is 17.8 Å². The van der Waals surface area contributed by atoms with Crippen molar-refractivity contribution in [2.75, 3.05) is 0 Å². The molecule has 0 N–H and O–H groups in total. The molecule has 0 saturated heterocycles. The first-order valence-corrected chi connectivity index (χ1v) is 5.32. The summed E-state index contributed by atoms with van der Waals surface area (Å²) in [4.78, 5) is 0. The molecule has 0 aliphatic heterocycles. The summed E-state index contributed by atoms with van der Waals surface area (Å²) in [5.74, 6) is 3.12. The van der Waals surface area contributed by atoms with E-state index in [0.29, 0.717) is 5.92 Å². The van der Waals surface area contributed by atoms with Crippen LogP contribution in [0.3, 0.4) is 0 Å². The molecular formula is C12H25. The SMILES string of the molecule is [CH2]C(CC)CC(C(C)C)C(C)C. The molecule has 0 aromatic heterocycles. The zero-order chi connectivity index (χ0) is 9.72. The second-order valence-corrected chi connectivity index (χ2v) is 4.66. The lowest BCUT2D eigenvalue weighted by atomic mass is 9.79. The van der Waals surface area contributed by atoms with Gasteiger partial charge in [0.2, 0.25) is 0 Å². The number of hydrogen-bond acceptors (Lipinski definition) is 0. The minimum Gasteiger partial charge on any atom is -0.0651 e. The highest BCUT2D eigenvalue weighted by molar-refractivity contribution is 4.72. The molecule has 1 radical (unpaired) electrons. The summed E-state index contributed by atoms with van der Waals surface area (Å²) in [5.41, 5.74) is 0. The van der Waals surface area contributed by atoms with Crippen LogP contribution >= 0.6 is 0 Å². The van der Waals surface area contributed by atoms with Crippen molar-refractivity contribution in [1.29, 1.82) is 0 Å². The van der Waals surface area contributed by atoms with Gasteiger partial charge in [-0.1, -0.05) is 48.0 Å². The Bertz CT molecular complexity index is 94.6. The monoisotopic (exact) mass is 169 g/mol. The number of hydrogen-bond donors (Lipinski definition) is 0. The predicted molar refractivity (Wildman–Crippen MR) is 56.9 cm³/mol. The fourth-order valence-electron chi connectivity index (χ4n) is 1.87. The normalized spacial score (nSPS) is 14.8. The standard InChI is InChI=1S/C12H25/c1-7-11(6)8-12(9(2)3)10(4)5/h9-12H,6-8H2,1-5H3. The summed E-state index contributed by atoms with van der Waals surface area (Å²) >= 11 is 0. The van der Waals surface area contributed by atoms with Crippen molar-refractivity contribution in [1.82, 2.24) is 0 Å². The van der Waals surface area contributed by atoms with Gasteiger partial charge in [0.1, 0.15) is 0 Å². The van der Waals surface area contributed by atoms with E-state index in [1.807, 2.05) is 0 Å². The lowest BCUT2D eigenvalue weighted by Crippen LogP contribution is -2.18. The molecule has 0 spiro atoms. The van der Waals surface area contributed by atoms with Crippen molar-refractivity contribution < 1.29 is 0 Å². The summed E-state index contributed by atoms with van der Waals surface area (Å²) in [6, 6.07) is 0. The van der Waals surface area contributed by atoms with Crippen molar-refractivity contribution in [2.45, 2.75) is 47.5 Å². The average molecular weight is 169 g/mol. The van der Waals surface area contributed by atoms with Gasteiger partial charge in [-0.25, -0.2) is 0 Å². The first-order chi connectivity index (χ1) is 5.49. The highest BCUT2D eigenvalue weighted by atomic mass is 14.2. The summed E-state index contributed by atoms with van der Waals surface area (Å²) in [7, 11) is 0. The summed E-state index contributed by atoms with van der Waals surface area (Å²) in [6.07, 6.45) is 2.52. The highest BCUT2D eigenvalue weighted by Crippen LogP contribution is 2.28. The molecule has 12 heavy (non-hydrogen) atoms. The van der Waals surface area contributed by atoms with E-state index < -0.39 is 0 Å². The lowest BCUT2D eigenvalue weighted by Gasteiger charge is -2.27. The molecule has 0 heterocycles. The zero-order valence-corrected chi connectivity index (χ0v) is 9.43. The Hall–Kier alpha value is 0. The molecular weight excluding hydrogens is 144 g/mol. The Morgan fingerprint density at radius 1 is 1.00 bits per heavy atom. The van der Waals surface area contributed by atoms with E-state index in [-0.39, 0.29) is 0 Å². The van der Waals surface area contributed by atoms with Crippen molar-refractivity contribution in [3.63, 3.8) is 0 Å². The van der Waals surface area contributed by atoms with Crippen molar-refractivity contribution in [3.8, 4) is 0 Å². The van der Waals surface area contributed by atoms with E-state index in [1.165, 1.54) is 12.8 Å². The highest BCUT2D eigenvalue weighted by Gasteiger charge is 2.19. The minimum absolute atomic E-state index is 0.653. The molecule has 0 saturated carbocycles. The second-order valence-electron chi connectivity index (χ2n) is 4.66. The van der Waals surface area contributed by atoms with Crippen LogP contribution in [0.25, 0.3) is 0 Å². The second kappa shape index (κ2) is 5.61. The summed E-state index contributed by atoms with van der Waals surface area (Å²) in [6.45, 7) is 15.7. The van der Waals surface area contributed by atoms with Gasteiger partial charge in [-0.15, -0.1) is 0 Å². The van der Waals surface area contributed by atoms with Crippen LogP contribution in [-0.4, -0.2) is 0 Å². The molecule has 73 valence electrons. The molecule has 0 aromatic rings. The molecule has 0 aromatic carbocycles. The quantitative estimate of drug-likeness (QED) is 0.579. The Kier molecular flexibility index (Phi) is 5.61. The van der Waals surface area contributed by atoms with Gasteiger partial charge in [-0.3, -0.25) is 0 Å². The lowest BCUT2D eigenvalue weighted by molar-refractivity contribution is 0.241. The molecule has 0 amide bonds. The fourth-order valence-corrected chi connectivity index (χ4v) is 1.87. The third-order valence-corrected chi connectivity index (χ3v) is 2.90. The molecule has 0 aliphatic carbocycles. The Labute approximate surface area is 78.8 Å². The van der Waals surface area contributed by atoms with Gasteiger partial charge in [0.15, 0.2) is 0 Å². The van der Waals surface area contributed by atoms with Crippen LogP contribution < -0.4 is 0 Å². The van der Waals surface area contributed by atoms with Crippen LogP contribution in [0.5, 0.6) is 0 Å². The maximum atomic E-state index is 4.16. The Morgan fingerprint density at radius 3 is 1.67 bits per heavy atom. The van der Waals surface area contributed by atoms with Gasteiger partial charge in [0, 0.05) is 0 Å². The number of rotatable bonds is 5.